The van der Waals surface area contributed by atoms with Gasteiger partial charge in [-0.3, -0.25) is 0 Å². The van der Waals surface area contributed by atoms with Crippen molar-refractivity contribution < 1.29 is 9.53 Å². The summed E-state index contributed by atoms with van der Waals surface area (Å²) in [6.07, 6.45) is 1.66. The summed E-state index contributed by atoms with van der Waals surface area (Å²) in [4.78, 5) is 15.5. The second kappa shape index (κ2) is 5.34. The van der Waals surface area contributed by atoms with Crippen LogP contribution in [0.25, 0.3) is 0 Å². The number of carbonyl (C=O) groups excluding carboxylic acids is 1. The molecular weight excluding hydrogens is 206 g/mol. The maximum atomic E-state index is 11.4. The van der Waals surface area contributed by atoms with E-state index in [-0.39, 0.29) is 5.97 Å². The lowest BCUT2D eigenvalue weighted by Gasteiger charge is -2.13. The van der Waals surface area contributed by atoms with Crippen molar-refractivity contribution in [3.05, 3.63) is 17.8 Å². The number of anilines is 2. The van der Waals surface area contributed by atoms with Crippen molar-refractivity contribution in [3.8, 4) is 0 Å². The SMILES string of the molecule is CCOC(=O)C(C)Nc1cc(N)c(C)cn1. The molecule has 0 aromatic carbocycles. The van der Waals surface area contributed by atoms with Gasteiger partial charge in [-0.2, -0.15) is 0 Å². The topological polar surface area (TPSA) is 77.2 Å². The van der Waals surface area contributed by atoms with Gasteiger partial charge in [0.2, 0.25) is 0 Å². The fraction of sp³-hybridized carbons (Fsp3) is 0.455. The third-order valence-corrected chi connectivity index (χ3v) is 2.15. The van der Waals surface area contributed by atoms with E-state index in [1.165, 1.54) is 0 Å². The molecule has 0 radical (unpaired) electrons. The summed E-state index contributed by atoms with van der Waals surface area (Å²) in [5, 5.41) is 2.93. The van der Waals surface area contributed by atoms with E-state index in [9.17, 15) is 4.79 Å². The molecule has 0 aliphatic carbocycles. The smallest absolute Gasteiger partial charge is 0.328 e. The molecule has 1 heterocycles. The fourth-order valence-corrected chi connectivity index (χ4v) is 1.17. The molecule has 0 aliphatic rings. The first kappa shape index (κ1) is 12.3. The summed E-state index contributed by atoms with van der Waals surface area (Å²) in [6, 6.07) is 1.26. The summed E-state index contributed by atoms with van der Waals surface area (Å²) in [7, 11) is 0. The van der Waals surface area contributed by atoms with E-state index >= 15 is 0 Å². The number of esters is 1. The van der Waals surface area contributed by atoms with Crippen LogP contribution in [0.4, 0.5) is 11.5 Å². The quantitative estimate of drug-likeness (QED) is 0.753. The van der Waals surface area contributed by atoms with Crippen LogP contribution >= 0.6 is 0 Å². The number of nitrogens with zero attached hydrogens (tertiary/aromatic N) is 1. The second-order valence-corrected chi connectivity index (χ2v) is 3.54. The highest BCUT2D eigenvalue weighted by atomic mass is 16.5. The minimum Gasteiger partial charge on any atom is -0.464 e. The average Bonchev–Trinajstić information content (AvgIpc) is 2.24. The van der Waals surface area contributed by atoms with Crippen LogP contribution in [-0.2, 0) is 9.53 Å². The molecule has 1 aromatic heterocycles. The molecule has 0 amide bonds. The van der Waals surface area contributed by atoms with Gasteiger partial charge in [-0.05, 0) is 26.3 Å². The van der Waals surface area contributed by atoms with Gasteiger partial charge in [-0.1, -0.05) is 0 Å². The largest absolute Gasteiger partial charge is 0.464 e. The van der Waals surface area contributed by atoms with Gasteiger partial charge >= 0.3 is 5.97 Å². The number of carbonyl (C=O) groups is 1. The van der Waals surface area contributed by atoms with E-state index in [1.807, 2.05) is 6.92 Å². The molecule has 0 spiro atoms. The minimum absolute atomic E-state index is 0.302. The fourth-order valence-electron chi connectivity index (χ4n) is 1.17. The molecule has 0 saturated heterocycles. The molecular formula is C11H17N3O2. The molecule has 0 saturated carbocycles. The van der Waals surface area contributed by atoms with Crippen LogP contribution in [0.2, 0.25) is 0 Å². The zero-order chi connectivity index (χ0) is 12.1. The van der Waals surface area contributed by atoms with Crippen LogP contribution < -0.4 is 11.1 Å². The Morgan fingerprint density at radius 2 is 2.38 bits per heavy atom. The standard InChI is InChI=1S/C11H17N3O2/c1-4-16-11(15)8(3)14-10-5-9(12)7(2)6-13-10/h5-6,8H,4H2,1-3H3,(H3,12,13,14). The highest BCUT2D eigenvalue weighted by Crippen LogP contribution is 2.14. The van der Waals surface area contributed by atoms with Gasteiger partial charge < -0.3 is 15.8 Å². The van der Waals surface area contributed by atoms with Gasteiger partial charge in [0.05, 0.1) is 6.61 Å². The van der Waals surface area contributed by atoms with Crippen molar-refractivity contribution in [1.29, 1.82) is 0 Å². The highest BCUT2D eigenvalue weighted by Gasteiger charge is 2.13. The summed E-state index contributed by atoms with van der Waals surface area (Å²) in [5.41, 5.74) is 7.29. The zero-order valence-electron chi connectivity index (χ0n) is 9.78. The highest BCUT2D eigenvalue weighted by molar-refractivity contribution is 5.78. The van der Waals surface area contributed by atoms with Crippen LogP contribution in [0, 0.1) is 6.92 Å². The minimum atomic E-state index is -0.436. The molecule has 1 atom stereocenters. The lowest BCUT2D eigenvalue weighted by atomic mass is 10.2. The van der Waals surface area contributed by atoms with Crippen LogP contribution in [0.5, 0.6) is 0 Å². The van der Waals surface area contributed by atoms with E-state index in [1.54, 1.807) is 26.1 Å². The Balaban J connectivity index is 2.66. The number of ether oxygens (including phenoxy) is 1. The second-order valence-electron chi connectivity index (χ2n) is 3.54. The van der Waals surface area contributed by atoms with E-state index in [0.717, 1.165) is 5.56 Å². The normalized spacial score (nSPS) is 11.9. The Morgan fingerprint density at radius 3 is 2.94 bits per heavy atom. The Morgan fingerprint density at radius 1 is 1.69 bits per heavy atom. The molecule has 3 N–H and O–H groups in total. The first-order valence-electron chi connectivity index (χ1n) is 5.20. The maximum absolute atomic E-state index is 11.4. The summed E-state index contributed by atoms with van der Waals surface area (Å²) in [5.74, 6) is 0.270. The van der Waals surface area contributed by atoms with E-state index in [4.69, 9.17) is 10.5 Å². The predicted octanol–water partition coefficient (Wildman–Crippen LogP) is 1.34. The molecule has 5 heteroatoms. The molecule has 1 aromatic rings. The first-order chi connectivity index (χ1) is 7.54. The monoisotopic (exact) mass is 223 g/mol. The first-order valence-corrected chi connectivity index (χ1v) is 5.20. The van der Waals surface area contributed by atoms with Crippen molar-refractivity contribution in [3.63, 3.8) is 0 Å². The maximum Gasteiger partial charge on any atom is 0.328 e. The Kier molecular flexibility index (Phi) is 4.10. The van der Waals surface area contributed by atoms with Crippen molar-refractivity contribution in [2.24, 2.45) is 0 Å². The summed E-state index contributed by atoms with van der Waals surface area (Å²) < 4.78 is 4.87. The van der Waals surface area contributed by atoms with Crippen LogP contribution in [-0.4, -0.2) is 23.6 Å². The van der Waals surface area contributed by atoms with Crippen LogP contribution in [0.1, 0.15) is 19.4 Å². The number of nitrogens with two attached hydrogens (primary N) is 1. The molecule has 88 valence electrons. The van der Waals surface area contributed by atoms with Crippen molar-refractivity contribution in [1.82, 2.24) is 4.98 Å². The summed E-state index contributed by atoms with van der Waals surface area (Å²) in [6.45, 7) is 5.73. The number of aryl methyl sites for hydroxylation is 1. The van der Waals surface area contributed by atoms with Gasteiger partial charge in [-0.25, -0.2) is 9.78 Å². The van der Waals surface area contributed by atoms with E-state index in [0.29, 0.717) is 18.1 Å². The number of hydrogen-bond acceptors (Lipinski definition) is 5. The van der Waals surface area contributed by atoms with Gasteiger partial charge in [0.15, 0.2) is 0 Å². The zero-order valence-corrected chi connectivity index (χ0v) is 9.78. The number of nitrogen functional groups attached to an aromatic ring is 1. The lowest BCUT2D eigenvalue weighted by Crippen LogP contribution is -2.28. The van der Waals surface area contributed by atoms with Crippen molar-refractivity contribution >= 4 is 17.5 Å². The van der Waals surface area contributed by atoms with E-state index < -0.39 is 6.04 Å². The van der Waals surface area contributed by atoms with Gasteiger partial charge in [-0.15, -0.1) is 0 Å². The molecule has 0 aliphatic heterocycles. The Hall–Kier alpha value is -1.78. The van der Waals surface area contributed by atoms with Gasteiger partial charge in [0, 0.05) is 18.0 Å². The summed E-state index contributed by atoms with van der Waals surface area (Å²) >= 11 is 0. The Labute approximate surface area is 95.0 Å². The number of pyridine rings is 1. The number of aromatic nitrogens is 1. The van der Waals surface area contributed by atoms with Crippen molar-refractivity contribution in [2.45, 2.75) is 26.8 Å². The number of nitrogens with one attached hydrogen (secondary N) is 1. The lowest BCUT2D eigenvalue weighted by molar-refractivity contribution is -0.143. The van der Waals surface area contributed by atoms with Crippen LogP contribution in [0.3, 0.4) is 0 Å². The van der Waals surface area contributed by atoms with Crippen LogP contribution in [0.15, 0.2) is 12.3 Å². The predicted molar refractivity (Wildman–Crippen MR) is 63.1 cm³/mol. The molecule has 0 fully saturated rings. The third kappa shape index (κ3) is 3.12. The average molecular weight is 223 g/mol. The van der Waals surface area contributed by atoms with E-state index in [2.05, 4.69) is 10.3 Å². The number of rotatable bonds is 4. The molecule has 1 rings (SSSR count). The Bertz CT molecular complexity index is 379. The molecule has 1 unspecified atom stereocenters. The van der Waals surface area contributed by atoms with Gasteiger partial charge in [0.1, 0.15) is 11.9 Å². The molecule has 0 bridgehead atoms. The third-order valence-electron chi connectivity index (χ3n) is 2.15. The molecule has 5 nitrogen and oxygen atoms in total. The molecule has 16 heavy (non-hydrogen) atoms. The van der Waals surface area contributed by atoms with Crippen molar-refractivity contribution in [2.75, 3.05) is 17.7 Å². The van der Waals surface area contributed by atoms with Gasteiger partial charge in [0.25, 0.3) is 0 Å². The number of hydrogen-bond donors (Lipinski definition) is 2.